The maximum atomic E-state index is 11.9. The Kier molecular flexibility index (Phi) is 7.44. The van der Waals surface area contributed by atoms with Crippen molar-refractivity contribution < 1.29 is 9.59 Å². The third-order valence-corrected chi connectivity index (χ3v) is 4.73. The lowest BCUT2D eigenvalue weighted by molar-refractivity contribution is -0.136. The molecule has 2 N–H and O–H groups in total. The molecule has 0 saturated carbocycles. The molecule has 2 amide bonds. The van der Waals surface area contributed by atoms with Crippen LogP contribution in [0.3, 0.4) is 0 Å². The number of unbranched alkanes of at least 4 members (excludes halogenated alkanes) is 1. The number of hydrogen-bond donors (Lipinski definition) is 2. The van der Waals surface area contributed by atoms with Crippen LogP contribution in [0.5, 0.6) is 0 Å². The predicted molar refractivity (Wildman–Crippen MR) is 101 cm³/mol. The number of likely N-dealkylation sites (tertiary alicyclic amines) is 1. The third kappa shape index (κ3) is 6.50. The number of carbonyl (C=O) groups excluding carboxylic acids is 2. The first-order valence-electron chi connectivity index (χ1n) is 9.33. The van der Waals surface area contributed by atoms with E-state index in [-0.39, 0.29) is 0 Å². The van der Waals surface area contributed by atoms with Crippen LogP contribution in [0.2, 0.25) is 0 Å². The summed E-state index contributed by atoms with van der Waals surface area (Å²) >= 11 is 0. The van der Waals surface area contributed by atoms with E-state index in [9.17, 15) is 9.59 Å². The fourth-order valence-corrected chi connectivity index (χ4v) is 3.61. The molecule has 5 nitrogen and oxygen atoms in total. The number of rotatable bonds is 6. The Morgan fingerprint density at radius 2 is 1.76 bits per heavy atom. The van der Waals surface area contributed by atoms with Crippen molar-refractivity contribution in [2.24, 2.45) is 11.8 Å². The van der Waals surface area contributed by atoms with Crippen molar-refractivity contribution in [2.45, 2.75) is 40.0 Å². The molecule has 1 aliphatic heterocycles. The second-order valence-corrected chi connectivity index (χ2v) is 7.44. The summed E-state index contributed by atoms with van der Waals surface area (Å²) in [4.78, 5) is 26.3. The molecular weight excluding hydrogens is 314 g/mol. The average Bonchev–Trinajstić information content (AvgIpc) is 2.55. The standard InChI is InChI=1S/C20H31N3O2/c1-15-12-16(2)14-23(13-15)11-7-6-10-21-19(24)20(25)22-18-9-5-4-8-17(18)3/h4-5,8-9,15-16H,6-7,10-14H2,1-3H3,(H,21,24)(H,22,25). The van der Waals surface area contributed by atoms with Crippen LogP contribution in [0.25, 0.3) is 0 Å². The van der Waals surface area contributed by atoms with Crippen LogP contribution in [0, 0.1) is 18.8 Å². The fraction of sp³-hybridized carbons (Fsp3) is 0.600. The van der Waals surface area contributed by atoms with E-state index in [0.29, 0.717) is 12.2 Å². The number of hydrogen-bond acceptors (Lipinski definition) is 3. The molecular formula is C20H31N3O2. The number of nitrogens with zero attached hydrogens (tertiary/aromatic N) is 1. The minimum atomic E-state index is -0.604. The second kappa shape index (κ2) is 9.56. The average molecular weight is 345 g/mol. The summed E-state index contributed by atoms with van der Waals surface area (Å²) in [5.41, 5.74) is 1.62. The summed E-state index contributed by atoms with van der Waals surface area (Å²) in [5.74, 6) is 0.374. The molecule has 1 aromatic carbocycles. The number of para-hydroxylation sites is 1. The number of amides is 2. The van der Waals surface area contributed by atoms with Gasteiger partial charge in [0.25, 0.3) is 0 Å². The molecule has 0 spiro atoms. The van der Waals surface area contributed by atoms with Gasteiger partial charge in [-0.3, -0.25) is 9.59 Å². The smallest absolute Gasteiger partial charge is 0.313 e. The number of nitrogens with one attached hydrogen (secondary N) is 2. The zero-order chi connectivity index (χ0) is 18.2. The highest BCUT2D eigenvalue weighted by atomic mass is 16.2. The van der Waals surface area contributed by atoms with Gasteiger partial charge < -0.3 is 15.5 Å². The maximum Gasteiger partial charge on any atom is 0.313 e. The van der Waals surface area contributed by atoms with E-state index in [1.165, 1.54) is 19.5 Å². The molecule has 0 aromatic heterocycles. The number of carbonyl (C=O) groups is 2. The molecule has 138 valence electrons. The van der Waals surface area contributed by atoms with Crippen LogP contribution < -0.4 is 10.6 Å². The molecule has 25 heavy (non-hydrogen) atoms. The summed E-state index contributed by atoms with van der Waals surface area (Å²) in [7, 11) is 0. The van der Waals surface area contributed by atoms with E-state index in [2.05, 4.69) is 29.4 Å². The van der Waals surface area contributed by atoms with Gasteiger partial charge in [0, 0.05) is 25.3 Å². The topological polar surface area (TPSA) is 61.4 Å². The van der Waals surface area contributed by atoms with E-state index in [4.69, 9.17) is 0 Å². The van der Waals surface area contributed by atoms with E-state index in [0.717, 1.165) is 36.8 Å². The van der Waals surface area contributed by atoms with Gasteiger partial charge in [0.05, 0.1) is 0 Å². The Labute approximate surface area is 151 Å². The summed E-state index contributed by atoms with van der Waals surface area (Å²) in [6.07, 6.45) is 3.25. The lowest BCUT2D eigenvalue weighted by atomic mass is 9.92. The number of anilines is 1. The van der Waals surface area contributed by atoms with Gasteiger partial charge in [-0.05, 0) is 56.2 Å². The first-order valence-corrected chi connectivity index (χ1v) is 9.33. The zero-order valence-electron chi connectivity index (χ0n) is 15.7. The van der Waals surface area contributed by atoms with Crippen molar-refractivity contribution in [1.82, 2.24) is 10.2 Å². The highest BCUT2D eigenvalue weighted by Gasteiger charge is 2.21. The van der Waals surface area contributed by atoms with Gasteiger partial charge in [-0.1, -0.05) is 32.0 Å². The van der Waals surface area contributed by atoms with Gasteiger partial charge in [0.15, 0.2) is 0 Å². The second-order valence-electron chi connectivity index (χ2n) is 7.44. The molecule has 0 bridgehead atoms. The molecule has 0 radical (unpaired) electrons. The van der Waals surface area contributed by atoms with E-state index in [1.54, 1.807) is 6.07 Å². The van der Waals surface area contributed by atoms with Gasteiger partial charge in [-0.25, -0.2) is 0 Å². The first-order chi connectivity index (χ1) is 12.0. The summed E-state index contributed by atoms with van der Waals surface area (Å²) < 4.78 is 0. The van der Waals surface area contributed by atoms with E-state index >= 15 is 0 Å². The Hall–Kier alpha value is -1.88. The first kappa shape index (κ1) is 19.4. The Morgan fingerprint density at radius 1 is 1.08 bits per heavy atom. The molecule has 0 aliphatic carbocycles. The van der Waals surface area contributed by atoms with Crippen molar-refractivity contribution >= 4 is 17.5 Å². The summed E-state index contributed by atoms with van der Waals surface area (Å²) in [6.45, 7) is 10.5. The molecule has 2 rings (SSSR count). The van der Waals surface area contributed by atoms with Crippen LogP contribution in [0.1, 0.15) is 38.7 Å². The molecule has 5 heteroatoms. The maximum absolute atomic E-state index is 11.9. The Balaban J connectivity index is 1.62. The molecule has 1 fully saturated rings. The van der Waals surface area contributed by atoms with Crippen molar-refractivity contribution in [3.05, 3.63) is 29.8 Å². The molecule has 2 unspecified atom stereocenters. The van der Waals surface area contributed by atoms with E-state index < -0.39 is 11.8 Å². The van der Waals surface area contributed by atoms with Crippen LogP contribution in [0.4, 0.5) is 5.69 Å². The van der Waals surface area contributed by atoms with Crippen LogP contribution >= 0.6 is 0 Å². The molecule has 1 saturated heterocycles. The Bertz CT molecular complexity index is 578. The van der Waals surface area contributed by atoms with Gasteiger partial charge >= 0.3 is 11.8 Å². The highest BCUT2D eigenvalue weighted by Crippen LogP contribution is 2.20. The van der Waals surface area contributed by atoms with Crippen molar-refractivity contribution in [3.8, 4) is 0 Å². The monoisotopic (exact) mass is 345 g/mol. The number of piperidine rings is 1. The quantitative estimate of drug-likeness (QED) is 0.616. The van der Waals surface area contributed by atoms with Crippen molar-refractivity contribution in [3.63, 3.8) is 0 Å². The lowest BCUT2D eigenvalue weighted by Gasteiger charge is -2.34. The van der Waals surface area contributed by atoms with Gasteiger partial charge in [-0.2, -0.15) is 0 Å². The molecule has 1 aliphatic rings. The van der Waals surface area contributed by atoms with Crippen molar-refractivity contribution in [2.75, 3.05) is 31.5 Å². The fourth-order valence-electron chi connectivity index (χ4n) is 3.61. The third-order valence-electron chi connectivity index (χ3n) is 4.73. The number of aryl methyl sites for hydroxylation is 1. The van der Waals surface area contributed by atoms with Gasteiger partial charge in [0.1, 0.15) is 0 Å². The lowest BCUT2D eigenvalue weighted by Crippen LogP contribution is -2.39. The zero-order valence-corrected chi connectivity index (χ0v) is 15.7. The van der Waals surface area contributed by atoms with Crippen molar-refractivity contribution in [1.29, 1.82) is 0 Å². The van der Waals surface area contributed by atoms with Crippen LogP contribution in [0.15, 0.2) is 24.3 Å². The molecule has 2 atom stereocenters. The summed E-state index contributed by atoms with van der Waals surface area (Å²) in [6, 6.07) is 7.43. The van der Waals surface area contributed by atoms with E-state index in [1.807, 2.05) is 25.1 Å². The number of benzene rings is 1. The van der Waals surface area contributed by atoms with Gasteiger partial charge in [-0.15, -0.1) is 0 Å². The Morgan fingerprint density at radius 3 is 2.44 bits per heavy atom. The molecule has 1 aromatic rings. The van der Waals surface area contributed by atoms with Crippen LogP contribution in [-0.2, 0) is 9.59 Å². The minimum Gasteiger partial charge on any atom is -0.348 e. The normalized spacial score (nSPS) is 20.9. The predicted octanol–water partition coefficient (Wildman–Crippen LogP) is 2.81. The SMILES string of the molecule is Cc1ccccc1NC(=O)C(=O)NCCCCN1CC(C)CC(C)C1. The minimum absolute atomic E-state index is 0.541. The highest BCUT2D eigenvalue weighted by molar-refractivity contribution is 6.39. The molecule has 1 heterocycles. The largest absolute Gasteiger partial charge is 0.348 e. The van der Waals surface area contributed by atoms with Crippen LogP contribution in [-0.4, -0.2) is 42.9 Å². The van der Waals surface area contributed by atoms with Gasteiger partial charge in [0.2, 0.25) is 0 Å². The summed E-state index contributed by atoms with van der Waals surface area (Å²) in [5, 5.41) is 5.36.